The van der Waals surface area contributed by atoms with Gasteiger partial charge in [-0.15, -0.1) is 0 Å². The molecule has 0 radical (unpaired) electrons. The standard InChI is InChI=1S/C15H12N2O2S/c18-15-16-14(17-20-15)12-6-4-5-11(9-12)10-19-13-7-2-1-3-8-13/h1-9H,10H2,(H,16,17,18). The third kappa shape index (κ3) is 2.95. The molecule has 0 saturated heterocycles. The van der Waals surface area contributed by atoms with Crippen LogP contribution in [0, 0.1) is 0 Å². The zero-order chi connectivity index (χ0) is 13.8. The lowest BCUT2D eigenvalue weighted by molar-refractivity contribution is 0.306. The molecular formula is C15H12N2O2S. The molecule has 5 heteroatoms. The Morgan fingerprint density at radius 1 is 1.10 bits per heavy atom. The van der Waals surface area contributed by atoms with Crippen LogP contribution in [0.15, 0.2) is 59.4 Å². The summed E-state index contributed by atoms with van der Waals surface area (Å²) >= 11 is 0.923. The lowest BCUT2D eigenvalue weighted by Crippen LogP contribution is -1.96. The second-order valence-electron chi connectivity index (χ2n) is 4.25. The SMILES string of the molecule is O=c1[nH]c(-c2cccc(COc3ccccc3)c2)ns1. The van der Waals surface area contributed by atoms with Crippen LogP contribution in [0.5, 0.6) is 5.75 Å². The monoisotopic (exact) mass is 284 g/mol. The topological polar surface area (TPSA) is 55.0 Å². The molecule has 2 aromatic carbocycles. The fourth-order valence-corrected chi connectivity index (χ4v) is 2.31. The average molecular weight is 284 g/mol. The quantitative estimate of drug-likeness (QED) is 0.801. The number of aromatic amines is 1. The van der Waals surface area contributed by atoms with Gasteiger partial charge in [-0.1, -0.05) is 36.4 Å². The first-order chi connectivity index (χ1) is 9.81. The first-order valence-electron chi connectivity index (χ1n) is 6.14. The summed E-state index contributed by atoms with van der Waals surface area (Å²) < 4.78 is 9.78. The number of nitrogens with zero attached hydrogens (tertiary/aromatic N) is 1. The van der Waals surface area contributed by atoms with Crippen LogP contribution in [0.3, 0.4) is 0 Å². The van der Waals surface area contributed by atoms with Crippen molar-refractivity contribution < 1.29 is 4.74 Å². The van der Waals surface area contributed by atoms with E-state index in [9.17, 15) is 4.79 Å². The van der Waals surface area contributed by atoms with Crippen molar-refractivity contribution in [2.45, 2.75) is 6.61 Å². The highest BCUT2D eigenvalue weighted by atomic mass is 32.1. The maximum Gasteiger partial charge on any atom is 0.323 e. The summed E-state index contributed by atoms with van der Waals surface area (Å²) in [5.41, 5.74) is 1.91. The second kappa shape index (κ2) is 5.71. The molecule has 1 aromatic heterocycles. The van der Waals surface area contributed by atoms with E-state index in [1.54, 1.807) is 0 Å². The lowest BCUT2D eigenvalue weighted by Gasteiger charge is -2.06. The summed E-state index contributed by atoms with van der Waals surface area (Å²) in [7, 11) is 0. The zero-order valence-electron chi connectivity index (χ0n) is 10.6. The molecule has 3 rings (SSSR count). The van der Waals surface area contributed by atoms with Crippen molar-refractivity contribution >= 4 is 11.5 Å². The van der Waals surface area contributed by atoms with Crippen molar-refractivity contribution in [2.24, 2.45) is 0 Å². The number of ether oxygens (including phenoxy) is 1. The molecule has 0 aliphatic heterocycles. The van der Waals surface area contributed by atoms with E-state index in [1.165, 1.54) is 0 Å². The van der Waals surface area contributed by atoms with Crippen molar-refractivity contribution in [3.8, 4) is 17.1 Å². The molecule has 1 N–H and O–H groups in total. The minimum absolute atomic E-state index is 0.147. The molecule has 0 unspecified atom stereocenters. The van der Waals surface area contributed by atoms with Gasteiger partial charge in [-0.3, -0.25) is 9.78 Å². The van der Waals surface area contributed by atoms with Crippen LogP contribution in [-0.2, 0) is 6.61 Å². The molecule has 0 aliphatic rings. The van der Waals surface area contributed by atoms with Crippen LogP contribution < -0.4 is 9.61 Å². The van der Waals surface area contributed by atoms with Crippen LogP contribution >= 0.6 is 11.5 Å². The van der Waals surface area contributed by atoms with Gasteiger partial charge in [0.05, 0.1) is 0 Å². The van der Waals surface area contributed by atoms with Gasteiger partial charge in [0.25, 0.3) is 0 Å². The van der Waals surface area contributed by atoms with Crippen molar-refractivity contribution in [3.63, 3.8) is 0 Å². The predicted molar refractivity (Wildman–Crippen MR) is 78.9 cm³/mol. The largest absolute Gasteiger partial charge is 0.489 e. The maximum atomic E-state index is 11.1. The highest BCUT2D eigenvalue weighted by Gasteiger charge is 2.04. The van der Waals surface area contributed by atoms with E-state index in [2.05, 4.69) is 9.36 Å². The zero-order valence-corrected chi connectivity index (χ0v) is 11.4. The molecule has 4 nitrogen and oxygen atoms in total. The van der Waals surface area contributed by atoms with Gasteiger partial charge in [-0.25, -0.2) is 0 Å². The van der Waals surface area contributed by atoms with Gasteiger partial charge >= 0.3 is 4.87 Å². The lowest BCUT2D eigenvalue weighted by atomic mass is 10.1. The van der Waals surface area contributed by atoms with E-state index in [0.29, 0.717) is 12.4 Å². The third-order valence-corrected chi connectivity index (χ3v) is 3.33. The van der Waals surface area contributed by atoms with E-state index in [0.717, 1.165) is 28.4 Å². The molecule has 3 aromatic rings. The Morgan fingerprint density at radius 3 is 2.70 bits per heavy atom. The smallest absolute Gasteiger partial charge is 0.323 e. The molecule has 0 fully saturated rings. The summed E-state index contributed by atoms with van der Waals surface area (Å²) in [6.45, 7) is 0.478. The Balaban J connectivity index is 1.76. The summed E-state index contributed by atoms with van der Waals surface area (Å²) in [4.78, 5) is 13.7. The van der Waals surface area contributed by atoms with Gasteiger partial charge < -0.3 is 4.74 Å². The Morgan fingerprint density at radius 2 is 1.95 bits per heavy atom. The molecule has 1 heterocycles. The molecule has 100 valence electrons. The van der Waals surface area contributed by atoms with Crippen LogP contribution in [0.2, 0.25) is 0 Å². The van der Waals surface area contributed by atoms with Gasteiger partial charge in [0, 0.05) is 17.1 Å². The normalized spacial score (nSPS) is 10.4. The molecule has 0 aliphatic carbocycles. The van der Waals surface area contributed by atoms with Crippen molar-refractivity contribution in [3.05, 3.63) is 69.8 Å². The Bertz CT molecular complexity index is 750. The summed E-state index contributed by atoms with van der Waals surface area (Å²) in [5.74, 6) is 1.43. The van der Waals surface area contributed by atoms with Crippen LogP contribution in [-0.4, -0.2) is 9.36 Å². The fraction of sp³-hybridized carbons (Fsp3) is 0.0667. The van der Waals surface area contributed by atoms with E-state index in [4.69, 9.17) is 4.74 Å². The second-order valence-corrected chi connectivity index (χ2v) is 4.98. The third-order valence-electron chi connectivity index (χ3n) is 2.79. The number of hydrogen-bond donors (Lipinski definition) is 1. The number of aromatic nitrogens is 2. The minimum atomic E-state index is -0.147. The van der Waals surface area contributed by atoms with Gasteiger partial charge in [0.15, 0.2) is 5.82 Å². The number of para-hydroxylation sites is 1. The average Bonchev–Trinajstić information content (AvgIpc) is 2.93. The van der Waals surface area contributed by atoms with E-state index < -0.39 is 0 Å². The molecule has 0 spiro atoms. The Labute approximate surface area is 119 Å². The van der Waals surface area contributed by atoms with Crippen LogP contribution in [0.4, 0.5) is 0 Å². The number of nitrogens with one attached hydrogen (secondary N) is 1. The number of rotatable bonds is 4. The Hall–Kier alpha value is -2.40. The van der Waals surface area contributed by atoms with Crippen molar-refractivity contribution in [2.75, 3.05) is 0 Å². The summed E-state index contributed by atoms with van der Waals surface area (Å²) in [5, 5.41) is 0. The van der Waals surface area contributed by atoms with Gasteiger partial charge in [0.1, 0.15) is 12.4 Å². The Kier molecular flexibility index (Phi) is 3.60. The van der Waals surface area contributed by atoms with Crippen LogP contribution in [0.1, 0.15) is 5.56 Å². The molecule has 0 bridgehead atoms. The van der Waals surface area contributed by atoms with Gasteiger partial charge in [0.2, 0.25) is 0 Å². The summed E-state index contributed by atoms with van der Waals surface area (Å²) in [6.07, 6.45) is 0. The highest BCUT2D eigenvalue weighted by Crippen LogP contribution is 2.17. The molecule has 0 amide bonds. The van der Waals surface area contributed by atoms with E-state index in [-0.39, 0.29) is 4.87 Å². The first-order valence-corrected chi connectivity index (χ1v) is 6.92. The summed E-state index contributed by atoms with van der Waals surface area (Å²) in [6, 6.07) is 17.5. The molecular weight excluding hydrogens is 272 g/mol. The van der Waals surface area contributed by atoms with Crippen molar-refractivity contribution in [1.82, 2.24) is 9.36 Å². The molecule has 0 saturated carbocycles. The molecule has 20 heavy (non-hydrogen) atoms. The highest BCUT2D eigenvalue weighted by molar-refractivity contribution is 7.03. The minimum Gasteiger partial charge on any atom is -0.489 e. The van der Waals surface area contributed by atoms with Crippen molar-refractivity contribution in [1.29, 1.82) is 0 Å². The van der Waals surface area contributed by atoms with Gasteiger partial charge in [-0.05, 0) is 23.8 Å². The number of hydrogen-bond acceptors (Lipinski definition) is 4. The number of benzene rings is 2. The van der Waals surface area contributed by atoms with E-state index in [1.807, 2.05) is 54.6 Å². The van der Waals surface area contributed by atoms with E-state index >= 15 is 0 Å². The van der Waals surface area contributed by atoms with Gasteiger partial charge in [-0.2, -0.15) is 4.37 Å². The fourth-order valence-electron chi connectivity index (χ4n) is 1.85. The predicted octanol–water partition coefficient (Wildman–Crippen LogP) is 3.08. The maximum absolute atomic E-state index is 11.1. The van der Waals surface area contributed by atoms with Crippen LogP contribution in [0.25, 0.3) is 11.4 Å². The number of H-pyrrole nitrogens is 1. The first kappa shape index (κ1) is 12.6. The molecule has 0 atom stereocenters.